The fraction of sp³-hybridized carbons (Fsp3) is 0.250. The molecule has 1 aromatic carbocycles. The lowest BCUT2D eigenvalue weighted by Gasteiger charge is -2.18. The normalized spacial score (nSPS) is 9.85. The zero-order valence-corrected chi connectivity index (χ0v) is 10.3. The van der Waals surface area contributed by atoms with Crippen LogP contribution in [0, 0.1) is 5.82 Å². The maximum absolute atomic E-state index is 12.6. The van der Waals surface area contributed by atoms with Gasteiger partial charge in [0.05, 0.1) is 0 Å². The number of ether oxygens (including phenoxy) is 1. The number of carbonyl (C=O) groups is 3. The number of benzene rings is 1. The highest BCUT2D eigenvalue weighted by molar-refractivity contribution is 5.85. The second-order valence-electron chi connectivity index (χ2n) is 3.78. The van der Waals surface area contributed by atoms with Crippen LogP contribution in [0.15, 0.2) is 24.3 Å². The molecule has 0 bridgehead atoms. The van der Waals surface area contributed by atoms with Gasteiger partial charge in [-0.2, -0.15) is 0 Å². The Morgan fingerprint density at radius 2 is 1.55 bits per heavy atom. The van der Waals surface area contributed by atoms with E-state index < -0.39 is 43.4 Å². The van der Waals surface area contributed by atoms with Crippen molar-refractivity contribution in [2.75, 3.05) is 19.7 Å². The first-order valence-electron chi connectivity index (χ1n) is 5.48. The molecule has 7 nitrogen and oxygen atoms in total. The number of carbonyl (C=O) groups excluding carboxylic acids is 1. The molecule has 0 saturated heterocycles. The minimum Gasteiger partial charge on any atom is -0.484 e. The number of hydrogen-bond donors (Lipinski definition) is 2. The van der Waals surface area contributed by atoms with Gasteiger partial charge in [0.25, 0.3) is 5.91 Å². The molecule has 0 aliphatic heterocycles. The number of carboxylic acid groups (broad SMARTS) is 2. The molecule has 2 N–H and O–H groups in total. The molecule has 1 amide bonds. The molecule has 108 valence electrons. The molecule has 0 aliphatic rings. The molecule has 0 spiro atoms. The highest BCUT2D eigenvalue weighted by Crippen LogP contribution is 2.11. The Kier molecular flexibility index (Phi) is 5.45. The van der Waals surface area contributed by atoms with E-state index >= 15 is 0 Å². The van der Waals surface area contributed by atoms with Gasteiger partial charge in [-0.05, 0) is 24.3 Å². The summed E-state index contributed by atoms with van der Waals surface area (Å²) in [5.41, 5.74) is 0. The van der Waals surface area contributed by atoms with Crippen LogP contribution >= 0.6 is 0 Å². The van der Waals surface area contributed by atoms with E-state index in [1.807, 2.05) is 0 Å². The van der Waals surface area contributed by atoms with Gasteiger partial charge in [0.1, 0.15) is 24.7 Å². The summed E-state index contributed by atoms with van der Waals surface area (Å²) < 4.78 is 17.7. The summed E-state index contributed by atoms with van der Waals surface area (Å²) in [7, 11) is 0. The summed E-state index contributed by atoms with van der Waals surface area (Å²) in [6, 6.07) is 4.85. The van der Waals surface area contributed by atoms with Crippen LogP contribution in [-0.4, -0.2) is 52.7 Å². The highest BCUT2D eigenvalue weighted by Gasteiger charge is 2.20. The van der Waals surface area contributed by atoms with Crippen LogP contribution in [0.4, 0.5) is 4.39 Å². The zero-order chi connectivity index (χ0) is 15.1. The van der Waals surface area contributed by atoms with Crippen molar-refractivity contribution in [2.45, 2.75) is 0 Å². The molecule has 0 heterocycles. The fourth-order valence-corrected chi connectivity index (χ4v) is 1.33. The van der Waals surface area contributed by atoms with E-state index in [0.717, 1.165) is 12.1 Å². The average molecular weight is 285 g/mol. The number of carboxylic acids is 2. The zero-order valence-electron chi connectivity index (χ0n) is 10.3. The molecule has 0 aliphatic carbocycles. The van der Waals surface area contributed by atoms with Gasteiger partial charge >= 0.3 is 11.9 Å². The van der Waals surface area contributed by atoms with Crippen LogP contribution in [-0.2, 0) is 14.4 Å². The summed E-state index contributed by atoms with van der Waals surface area (Å²) in [5.74, 6) is -3.71. The molecule has 1 rings (SSSR count). The first-order chi connectivity index (χ1) is 9.38. The Bertz CT molecular complexity index is 485. The Balaban J connectivity index is 2.58. The van der Waals surface area contributed by atoms with Crippen molar-refractivity contribution in [1.82, 2.24) is 4.90 Å². The highest BCUT2D eigenvalue weighted by atomic mass is 19.1. The predicted octanol–water partition coefficient (Wildman–Crippen LogP) is 0.202. The summed E-state index contributed by atoms with van der Waals surface area (Å²) in [6.07, 6.45) is 0. The molecule has 0 atom stereocenters. The molecular formula is C12H12FNO6. The van der Waals surface area contributed by atoms with E-state index in [4.69, 9.17) is 14.9 Å². The molecule has 0 fully saturated rings. The van der Waals surface area contributed by atoms with Gasteiger partial charge in [-0.3, -0.25) is 14.4 Å². The average Bonchev–Trinajstić information content (AvgIpc) is 2.36. The number of nitrogens with zero attached hydrogens (tertiary/aromatic N) is 1. The maximum atomic E-state index is 12.6. The number of halogens is 1. The number of rotatable bonds is 7. The second kappa shape index (κ2) is 7.07. The van der Waals surface area contributed by atoms with E-state index in [2.05, 4.69) is 0 Å². The third-order valence-corrected chi connectivity index (χ3v) is 2.18. The Hall–Kier alpha value is -2.64. The molecule has 0 unspecified atom stereocenters. The lowest BCUT2D eigenvalue weighted by atomic mass is 10.3. The quantitative estimate of drug-likeness (QED) is 0.741. The summed E-state index contributed by atoms with van der Waals surface area (Å²) >= 11 is 0. The number of hydrogen-bond acceptors (Lipinski definition) is 4. The van der Waals surface area contributed by atoms with E-state index in [9.17, 15) is 18.8 Å². The van der Waals surface area contributed by atoms with Crippen molar-refractivity contribution < 1.29 is 33.7 Å². The van der Waals surface area contributed by atoms with E-state index in [1.54, 1.807) is 0 Å². The summed E-state index contributed by atoms with van der Waals surface area (Å²) in [5, 5.41) is 17.2. The van der Waals surface area contributed by atoms with Crippen LogP contribution in [0.5, 0.6) is 5.75 Å². The Morgan fingerprint density at radius 3 is 2.00 bits per heavy atom. The minimum absolute atomic E-state index is 0.213. The smallest absolute Gasteiger partial charge is 0.323 e. The summed E-state index contributed by atoms with van der Waals surface area (Å²) in [4.78, 5) is 33.4. The van der Waals surface area contributed by atoms with Gasteiger partial charge < -0.3 is 19.8 Å². The van der Waals surface area contributed by atoms with Gasteiger partial charge in [0, 0.05) is 0 Å². The molecule has 1 aromatic rings. The van der Waals surface area contributed by atoms with Crippen LogP contribution in [0.1, 0.15) is 0 Å². The van der Waals surface area contributed by atoms with Crippen molar-refractivity contribution in [3.8, 4) is 5.75 Å². The lowest BCUT2D eigenvalue weighted by molar-refractivity contribution is -0.150. The van der Waals surface area contributed by atoms with Gasteiger partial charge in [-0.15, -0.1) is 0 Å². The van der Waals surface area contributed by atoms with E-state index in [-0.39, 0.29) is 5.75 Å². The third-order valence-electron chi connectivity index (χ3n) is 2.18. The first kappa shape index (κ1) is 15.4. The topological polar surface area (TPSA) is 104 Å². The van der Waals surface area contributed by atoms with Gasteiger partial charge in [-0.1, -0.05) is 0 Å². The Morgan fingerprint density at radius 1 is 1.05 bits per heavy atom. The van der Waals surface area contributed by atoms with Crippen LogP contribution in [0.2, 0.25) is 0 Å². The van der Waals surface area contributed by atoms with Crippen molar-refractivity contribution in [2.24, 2.45) is 0 Å². The van der Waals surface area contributed by atoms with Gasteiger partial charge in [0.15, 0.2) is 6.61 Å². The van der Waals surface area contributed by atoms with Crippen LogP contribution < -0.4 is 4.74 Å². The van der Waals surface area contributed by atoms with Gasteiger partial charge in [0.2, 0.25) is 0 Å². The van der Waals surface area contributed by atoms with Crippen molar-refractivity contribution in [3.05, 3.63) is 30.1 Å². The fourth-order valence-electron chi connectivity index (χ4n) is 1.33. The maximum Gasteiger partial charge on any atom is 0.323 e. The Labute approximate surface area is 113 Å². The van der Waals surface area contributed by atoms with Gasteiger partial charge in [-0.25, -0.2) is 4.39 Å². The van der Waals surface area contributed by atoms with Crippen molar-refractivity contribution in [3.63, 3.8) is 0 Å². The van der Waals surface area contributed by atoms with E-state index in [1.165, 1.54) is 12.1 Å². The summed E-state index contributed by atoms with van der Waals surface area (Å²) in [6.45, 7) is -2.01. The molecule has 8 heteroatoms. The minimum atomic E-state index is -1.33. The van der Waals surface area contributed by atoms with Crippen molar-refractivity contribution >= 4 is 17.8 Å². The first-order valence-corrected chi connectivity index (χ1v) is 5.48. The molecule has 0 saturated carbocycles. The van der Waals surface area contributed by atoms with Crippen LogP contribution in [0.25, 0.3) is 0 Å². The molecule has 0 aromatic heterocycles. The SMILES string of the molecule is O=C(O)CN(CC(=O)O)C(=O)COc1ccc(F)cc1. The second-order valence-corrected chi connectivity index (χ2v) is 3.78. The molecule has 20 heavy (non-hydrogen) atoms. The third kappa shape index (κ3) is 5.34. The van der Waals surface area contributed by atoms with Crippen LogP contribution in [0.3, 0.4) is 0 Å². The van der Waals surface area contributed by atoms with E-state index in [0.29, 0.717) is 4.90 Å². The van der Waals surface area contributed by atoms with Crippen molar-refractivity contribution in [1.29, 1.82) is 0 Å². The predicted molar refractivity (Wildman–Crippen MR) is 63.7 cm³/mol. The standard InChI is InChI=1S/C12H12FNO6/c13-8-1-3-9(4-2-8)20-7-10(15)14(5-11(16)17)6-12(18)19/h1-4H,5-7H2,(H,16,17)(H,18,19). The number of amides is 1. The largest absolute Gasteiger partial charge is 0.484 e. The monoisotopic (exact) mass is 285 g/mol. The lowest BCUT2D eigenvalue weighted by Crippen LogP contribution is -2.41. The number of aliphatic carboxylic acids is 2. The molecule has 0 radical (unpaired) electrons. The molecular weight excluding hydrogens is 273 g/mol.